The van der Waals surface area contributed by atoms with Crippen molar-refractivity contribution >= 4 is 65.6 Å². The van der Waals surface area contributed by atoms with Crippen LogP contribution in [0.1, 0.15) is 22.3 Å². The van der Waals surface area contributed by atoms with E-state index in [2.05, 4.69) is 252 Å². The molecule has 0 unspecified atom stereocenters. The average Bonchev–Trinajstić information content (AvgIpc) is 3.89. The van der Waals surface area contributed by atoms with Crippen molar-refractivity contribution in [2.75, 3.05) is 9.80 Å². The van der Waals surface area contributed by atoms with Crippen LogP contribution in [0.5, 0.6) is 0 Å². The summed E-state index contributed by atoms with van der Waals surface area (Å²) < 4.78 is 2.65. The minimum absolute atomic E-state index is 0.514. The number of hydrogen-bond donors (Lipinski definition) is 0. The molecule has 2 nitrogen and oxygen atoms in total. The summed E-state index contributed by atoms with van der Waals surface area (Å²) >= 11 is 1.88. The number of anilines is 6. The molecular weight excluding hydrogens is 793 g/mol. The van der Waals surface area contributed by atoms with Crippen LogP contribution in [0, 0.1) is 0 Å². The number of para-hydroxylation sites is 3. The summed E-state index contributed by atoms with van der Waals surface area (Å²) in [5.74, 6) is 0. The lowest BCUT2D eigenvalue weighted by Gasteiger charge is -2.45. The van der Waals surface area contributed by atoms with Gasteiger partial charge in [-0.3, -0.25) is 0 Å². The zero-order chi connectivity index (χ0) is 42.2. The van der Waals surface area contributed by atoms with Crippen LogP contribution in [-0.2, 0) is 5.41 Å². The van der Waals surface area contributed by atoms with Gasteiger partial charge in [0.1, 0.15) is 0 Å². The van der Waals surface area contributed by atoms with Crippen LogP contribution in [0.4, 0.5) is 34.1 Å². The molecule has 0 amide bonds. The van der Waals surface area contributed by atoms with E-state index in [4.69, 9.17) is 0 Å². The molecule has 13 rings (SSSR count). The molecule has 1 aliphatic heterocycles. The first-order valence-corrected chi connectivity index (χ1v) is 22.8. The Morgan fingerprint density at radius 3 is 1.58 bits per heavy atom. The van der Waals surface area contributed by atoms with Crippen molar-refractivity contribution < 1.29 is 0 Å². The fourth-order valence-electron chi connectivity index (χ4n) is 10.7. The fraction of sp³-hybridized carbons (Fsp3) is 0.0164. The van der Waals surface area contributed by atoms with Crippen molar-refractivity contribution in [3.8, 4) is 33.4 Å². The zero-order valence-corrected chi connectivity index (χ0v) is 35.7. The molecule has 0 saturated carbocycles. The molecule has 1 aromatic heterocycles. The predicted octanol–water partition coefficient (Wildman–Crippen LogP) is 17.0. The molecule has 11 aromatic rings. The third-order valence-corrected chi connectivity index (χ3v) is 14.7. The molecule has 0 fully saturated rings. The van der Waals surface area contributed by atoms with E-state index in [-0.39, 0.29) is 0 Å². The Labute approximate surface area is 377 Å². The van der Waals surface area contributed by atoms with Crippen LogP contribution in [-0.4, -0.2) is 0 Å². The normalized spacial score (nSPS) is 13.1. The Kier molecular flexibility index (Phi) is 8.34. The standard InChI is InChI=1S/C61H40N2S/c1-3-16-41(17-4-1)42-30-34-45(35-31-42)62(46-36-32-43(33-37-46)48-22-15-23-51-50-21-8-14-29-59(50)64-60(48)51)47-38-39-54-52(40-47)49-20-7-9-24-53(49)61(54)55-25-10-12-27-57(55)63(44-18-5-2-6-19-44)58-28-13-11-26-56(58)61/h1-40H. The van der Waals surface area contributed by atoms with Gasteiger partial charge in [0.2, 0.25) is 0 Å². The lowest BCUT2D eigenvalue weighted by Crippen LogP contribution is -2.36. The largest absolute Gasteiger partial charge is 0.310 e. The maximum Gasteiger partial charge on any atom is 0.0754 e. The molecule has 0 radical (unpaired) electrons. The molecule has 300 valence electrons. The molecule has 10 aromatic carbocycles. The van der Waals surface area contributed by atoms with Crippen LogP contribution in [0.3, 0.4) is 0 Å². The van der Waals surface area contributed by atoms with E-state index in [0.717, 1.165) is 22.7 Å². The first kappa shape index (κ1) is 36.7. The predicted molar refractivity (Wildman–Crippen MR) is 270 cm³/mol. The second-order valence-electron chi connectivity index (χ2n) is 16.8. The van der Waals surface area contributed by atoms with Gasteiger partial charge in [-0.1, -0.05) is 176 Å². The molecule has 0 saturated heterocycles. The van der Waals surface area contributed by atoms with Crippen molar-refractivity contribution in [3.05, 3.63) is 265 Å². The molecule has 2 aliphatic rings. The minimum Gasteiger partial charge on any atom is -0.310 e. The van der Waals surface area contributed by atoms with E-state index < -0.39 is 5.41 Å². The molecule has 1 spiro atoms. The Morgan fingerprint density at radius 1 is 0.344 bits per heavy atom. The summed E-state index contributed by atoms with van der Waals surface area (Å²) in [6.07, 6.45) is 0. The van der Waals surface area contributed by atoms with E-state index in [9.17, 15) is 0 Å². The number of benzene rings is 10. The second-order valence-corrected chi connectivity index (χ2v) is 17.9. The lowest BCUT2D eigenvalue weighted by atomic mass is 9.64. The third kappa shape index (κ3) is 5.44. The van der Waals surface area contributed by atoms with Gasteiger partial charge in [0.25, 0.3) is 0 Å². The van der Waals surface area contributed by atoms with Gasteiger partial charge in [-0.2, -0.15) is 0 Å². The highest BCUT2D eigenvalue weighted by Gasteiger charge is 2.51. The molecule has 2 heterocycles. The smallest absolute Gasteiger partial charge is 0.0754 e. The van der Waals surface area contributed by atoms with Crippen LogP contribution in [0.15, 0.2) is 243 Å². The molecule has 64 heavy (non-hydrogen) atoms. The van der Waals surface area contributed by atoms with Crippen LogP contribution < -0.4 is 9.80 Å². The zero-order valence-electron chi connectivity index (χ0n) is 34.9. The second kappa shape index (κ2) is 14.6. The molecule has 0 bridgehead atoms. The highest BCUT2D eigenvalue weighted by Crippen LogP contribution is 2.63. The number of rotatable bonds is 6. The average molecular weight is 833 g/mol. The van der Waals surface area contributed by atoms with Gasteiger partial charge in [0.05, 0.1) is 16.8 Å². The Bertz CT molecular complexity index is 3510. The fourth-order valence-corrected chi connectivity index (χ4v) is 12.0. The van der Waals surface area contributed by atoms with Gasteiger partial charge in [-0.05, 0) is 122 Å². The van der Waals surface area contributed by atoms with Gasteiger partial charge in [-0.25, -0.2) is 0 Å². The number of thiophene rings is 1. The maximum atomic E-state index is 2.44. The van der Waals surface area contributed by atoms with Crippen LogP contribution >= 0.6 is 11.3 Å². The summed E-state index contributed by atoms with van der Waals surface area (Å²) in [6.45, 7) is 0. The van der Waals surface area contributed by atoms with E-state index in [1.165, 1.54) is 87.2 Å². The maximum absolute atomic E-state index is 2.44. The van der Waals surface area contributed by atoms with Crippen molar-refractivity contribution in [2.24, 2.45) is 0 Å². The first-order valence-electron chi connectivity index (χ1n) is 22.0. The Balaban J connectivity index is 0.991. The SMILES string of the molecule is c1ccc(-c2ccc(N(c3ccc(-c4cccc5c4sc4ccccc45)cc3)c3ccc4c(c3)-c3ccccc3C43c4ccccc4N(c4ccccc4)c4ccccc43)cc2)cc1. The monoisotopic (exact) mass is 832 g/mol. The first-order chi connectivity index (χ1) is 31.8. The highest BCUT2D eigenvalue weighted by molar-refractivity contribution is 7.26. The summed E-state index contributed by atoms with van der Waals surface area (Å²) in [7, 11) is 0. The van der Waals surface area contributed by atoms with Crippen molar-refractivity contribution in [1.82, 2.24) is 0 Å². The Hall–Kier alpha value is -7.98. The lowest BCUT2D eigenvalue weighted by molar-refractivity contribution is 0.752. The summed E-state index contributed by atoms with van der Waals surface area (Å²) in [6, 6.07) is 89.4. The van der Waals surface area contributed by atoms with Crippen LogP contribution in [0.2, 0.25) is 0 Å². The topological polar surface area (TPSA) is 6.48 Å². The van der Waals surface area contributed by atoms with Gasteiger partial charge < -0.3 is 9.80 Å². The quantitative estimate of drug-likeness (QED) is 0.165. The van der Waals surface area contributed by atoms with Crippen molar-refractivity contribution in [2.45, 2.75) is 5.41 Å². The molecule has 1 aliphatic carbocycles. The highest BCUT2D eigenvalue weighted by atomic mass is 32.1. The number of fused-ring (bicyclic) bond motifs is 12. The number of nitrogens with zero attached hydrogens (tertiary/aromatic N) is 2. The molecule has 3 heteroatoms. The van der Waals surface area contributed by atoms with Gasteiger partial charge in [-0.15, -0.1) is 11.3 Å². The van der Waals surface area contributed by atoms with E-state index in [1.807, 2.05) is 11.3 Å². The van der Waals surface area contributed by atoms with Crippen molar-refractivity contribution in [1.29, 1.82) is 0 Å². The third-order valence-electron chi connectivity index (χ3n) is 13.5. The summed E-state index contributed by atoms with van der Waals surface area (Å²) in [5, 5.41) is 2.63. The Morgan fingerprint density at radius 2 is 0.859 bits per heavy atom. The van der Waals surface area contributed by atoms with Gasteiger partial charge >= 0.3 is 0 Å². The molecule has 0 atom stereocenters. The van der Waals surface area contributed by atoms with Crippen LogP contribution in [0.25, 0.3) is 53.6 Å². The van der Waals surface area contributed by atoms with Gasteiger partial charge in [0.15, 0.2) is 0 Å². The van der Waals surface area contributed by atoms with E-state index in [0.29, 0.717) is 0 Å². The summed E-state index contributed by atoms with van der Waals surface area (Å²) in [5.41, 5.74) is 18.9. The van der Waals surface area contributed by atoms with E-state index in [1.54, 1.807) is 0 Å². The molecule has 0 N–H and O–H groups in total. The summed E-state index contributed by atoms with van der Waals surface area (Å²) in [4.78, 5) is 4.86. The number of hydrogen-bond acceptors (Lipinski definition) is 3. The molecular formula is C61H40N2S. The minimum atomic E-state index is -0.514. The van der Waals surface area contributed by atoms with E-state index >= 15 is 0 Å². The van der Waals surface area contributed by atoms with Crippen molar-refractivity contribution in [3.63, 3.8) is 0 Å². The van der Waals surface area contributed by atoms with Gasteiger partial charge in [0, 0.05) is 42.9 Å².